The van der Waals surface area contributed by atoms with Crippen molar-refractivity contribution in [3.05, 3.63) is 0 Å². The van der Waals surface area contributed by atoms with E-state index in [2.05, 4.69) is 13.8 Å². The summed E-state index contributed by atoms with van der Waals surface area (Å²) in [7, 11) is 0. The van der Waals surface area contributed by atoms with Crippen LogP contribution in [0, 0.1) is 23.2 Å². The van der Waals surface area contributed by atoms with Crippen molar-refractivity contribution in [3.63, 3.8) is 0 Å². The first-order valence-electron chi connectivity index (χ1n) is 8.37. The Hall–Kier alpha value is -1.06. The number of ether oxygens (including phenoxy) is 1. The molecule has 3 rings (SSSR count). The van der Waals surface area contributed by atoms with Gasteiger partial charge in [0.05, 0.1) is 0 Å². The SMILES string of the molecule is CC(C)C1(OC(=O)C2(C(=O)O)CCCC2)CC2CCC1C2. The molecular weight excluding hydrogens is 268 g/mol. The van der Waals surface area contributed by atoms with Gasteiger partial charge in [0, 0.05) is 0 Å². The molecule has 4 heteroatoms. The Labute approximate surface area is 126 Å². The van der Waals surface area contributed by atoms with Gasteiger partial charge in [0.15, 0.2) is 5.41 Å². The van der Waals surface area contributed by atoms with Crippen LogP contribution in [0.4, 0.5) is 0 Å². The van der Waals surface area contributed by atoms with Crippen molar-refractivity contribution in [2.24, 2.45) is 23.2 Å². The number of carbonyl (C=O) groups is 2. The molecule has 1 N–H and O–H groups in total. The molecule has 0 radical (unpaired) electrons. The molecule has 0 aliphatic heterocycles. The summed E-state index contributed by atoms with van der Waals surface area (Å²) in [6.07, 6.45) is 6.91. The van der Waals surface area contributed by atoms with Crippen LogP contribution in [0.2, 0.25) is 0 Å². The van der Waals surface area contributed by atoms with Crippen LogP contribution in [-0.2, 0) is 14.3 Å². The average Bonchev–Trinajstić information content (AvgIpc) is 3.14. The number of carboxylic acids is 1. The van der Waals surface area contributed by atoms with E-state index in [1.807, 2.05) is 0 Å². The molecule has 0 aromatic rings. The van der Waals surface area contributed by atoms with Gasteiger partial charge in [0.1, 0.15) is 5.60 Å². The van der Waals surface area contributed by atoms with Crippen molar-refractivity contribution in [1.82, 2.24) is 0 Å². The lowest BCUT2D eigenvalue weighted by Gasteiger charge is -2.42. The second-order valence-corrected chi connectivity index (χ2v) is 7.67. The zero-order valence-corrected chi connectivity index (χ0v) is 13.1. The van der Waals surface area contributed by atoms with Crippen LogP contribution < -0.4 is 0 Å². The lowest BCUT2D eigenvalue weighted by atomic mass is 9.75. The Morgan fingerprint density at radius 3 is 2.29 bits per heavy atom. The number of fused-ring (bicyclic) bond motifs is 2. The maximum atomic E-state index is 12.7. The molecule has 3 aliphatic rings. The van der Waals surface area contributed by atoms with E-state index in [4.69, 9.17) is 4.74 Å². The lowest BCUT2D eigenvalue weighted by Crippen LogP contribution is -2.50. The maximum absolute atomic E-state index is 12.7. The monoisotopic (exact) mass is 294 g/mol. The topological polar surface area (TPSA) is 63.6 Å². The third kappa shape index (κ3) is 2.09. The van der Waals surface area contributed by atoms with Gasteiger partial charge >= 0.3 is 11.9 Å². The summed E-state index contributed by atoms with van der Waals surface area (Å²) in [5.74, 6) is -0.113. The zero-order chi connectivity index (χ0) is 15.3. The summed E-state index contributed by atoms with van der Waals surface area (Å²) in [6, 6.07) is 0. The molecule has 0 aromatic heterocycles. The highest BCUT2D eigenvalue weighted by Gasteiger charge is 2.58. The number of hydrogen-bond donors (Lipinski definition) is 1. The van der Waals surface area contributed by atoms with Crippen LogP contribution in [0.5, 0.6) is 0 Å². The molecule has 3 saturated carbocycles. The van der Waals surface area contributed by atoms with Gasteiger partial charge in [-0.2, -0.15) is 0 Å². The van der Waals surface area contributed by atoms with Crippen LogP contribution in [0.25, 0.3) is 0 Å². The van der Waals surface area contributed by atoms with Crippen LogP contribution in [-0.4, -0.2) is 22.6 Å². The highest BCUT2D eigenvalue weighted by atomic mass is 16.6. The summed E-state index contributed by atoms with van der Waals surface area (Å²) < 4.78 is 6.02. The van der Waals surface area contributed by atoms with Gasteiger partial charge in [-0.05, 0) is 56.3 Å². The first kappa shape index (κ1) is 14.9. The number of esters is 1. The van der Waals surface area contributed by atoms with Crippen LogP contribution in [0.15, 0.2) is 0 Å². The van der Waals surface area contributed by atoms with E-state index in [9.17, 15) is 14.7 Å². The Bertz CT molecular complexity index is 450. The molecule has 118 valence electrons. The van der Waals surface area contributed by atoms with Gasteiger partial charge in [-0.1, -0.05) is 26.7 Å². The van der Waals surface area contributed by atoms with Gasteiger partial charge in [-0.3, -0.25) is 9.59 Å². The Morgan fingerprint density at radius 2 is 1.86 bits per heavy atom. The van der Waals surface area contributed by atoms with E-state index in [0.29, 0.717) is 24.7 Å². The fourth-order valence-corrected chi connectivity index (χ4v) is 5.03. The van der Waals surface area contributed by atoms with E-state index in [1.54, 1.807) is 0 Å². The standard InChI is InChI=1S/C17H26O4/c1-11(2)17(10-12-5-6-13(17)9-12)21-15(20)16(14(18)19)7-3-4-8-16/h11-13H,3-10H2,1-2H3,(H,18,19). The minimum atomic E-state index is -1.27. The maximum Gasteiger partial charge on any atom is 0.324 e. The van der Waals surface area contributed by atoms with Gasteiger partial charge in [-0.15, -0.1) is 0 Å². The molecule has 3 fully saturated rings. The molecule has 0 saturated heterocycles. The summed E-state index contributed by atoms with van der Waals surface area (Å²) in [6.45, 7) is 4.21. The largest absolute Gasteiger partial charge is 0.480 e. The number of rotatable bonds is 4. The second-order valence-electron chi connectivity index (χ2n) is 7.67. The van der Waals surface area contributed by atoms with E-state index >= 15 is 0 Å². The first-order valence-corrected chi connectivity index (χ1v) is 8.37. The zero-order valence-electron chi connectivity index (χ0n) is 13.1. The van der Waals surface area contributed by atoms with Gasteiger partial charge < -0.3 is 9.84 Å². The fraction of sp³-hybridized carbons (Fsp3) is 0.882. The number of aliphatic carboxylic acids is 1. The number of carboxylic acid groups (broad SMARTS) is 1. The smallest absolute Gasteiger partial charge is 0.324 e. The quantitative estimate of drug-likeness (QED) is 0.637. The van der Waals surface area contributed by atoms with E-state index in [-0.39, 0.29) is 5.92 Å². The molecule has 0 heterocycles. The normalized spacial score (nSPS) is 37.1. The molecule has 0 spiro atoms. The number of carbonyl (C=O) groups excluding carboxylic acids is 1. The van der Waals surface area contributed by atoms with Crippen LogP contribution in [0.1, 0.15) is 65.2 Å². The third-order valence-corrected chi connectivity index (χ3v) is 6.36. The summed E-state index contributed by atoms with van der Waals surface area (Å²) in [4.78, 5) is 24.4. The van der Waals surface area contributed by atoms with Gasteiger partial charge in [0.25, 0.3) is 0 Å². The van der Waals surface area contributed by atoms with Gasteiger partial charge in [0.2, 0.25) is 0 Å². The fourth-order valence-electron chi connectivity index (χ4n) is 5.03. The Balaban J connectivity index is 1.84. The molecule has 21 heavy (non-hydrogen) atoms. The number of hydrogen-bond acceptors (Lipinski definition) is 3. The highest BCUT2D eigenvalue weighted by Crippen LogP contribution is 2.56. The summed E-state index contributed by atoms with van der Waals surface area (Å²) in [5.41, 5.74) is -1.69. The van der Waals surface area contributed by atoms with Crippen LogP contribution in [0.3, 0.4) is 0 Å². The molecule has 3 aliphatic carbocycles. The van der Waals surface area contributed by atoms with E-state index < -0.39 is 23.0 Å². The van der Waals surface area contributed by atoms with Crippen molar-refractivity contribution in [3.8, 4) is 0 Å². The molecule has 2 bridgehead atoms. The second kappa shape index (κ2) is 4.99. The lowest BCUT2D eigenvalue weighted by molar-refractivity contribution is -0.190. The molecule has 3 atom stereocenters. The summed E-state index contributed by atoms with van der Waals surface area (Å²) in [5, 5.41) is 9.56. The summed E-state index contributed by atoms with van der Waals surface area (Å²) >= 11 is 0. The van der Waals surface area contributed by atoms with Crippen LogP contribution >= 0.6 is 0 Å². The molecule has 0 aromatic carbocycles. The van der Waals surface area contributed by atoms with Crippen molar-refractivity contribution in [2.75, 3.05) is 0 Å². The highest BCUT2D eigenvalue weighted by molar-refractivity contribution is 5.99. The predicted octanol–water partition coefficient (Wildman–Crippen LogP) is 3.39. The van der Waals surface area contributed by atoms with Crippen molar-refractivity contribution >= 4 is 11.9 Å². The molecule has 3 unspecified atom stereocenters. The average molecular weight is 294 g/mol. The molecular formula is C17H26O4. The van der Waals surface area contributed by atoms with Crippen molar-refractivity contribution in [2.45, 2.75) is 70.8 Å². The third-order valence-electron chi connectivity index (χ3n) is 6.36. The minimum Gasteiger partial charge on any atom is -0.480 e. The Morgan fingerprint density at radius 1 is 1.19 bits per heavy atom. The Kier molecular flexibility index (Phi) is 3.53. The minimum absolute atomic E-state index is 0.254. The van der Waals surface area contributed by atoms with Crippen molar-refractivity contribution < 1.29 is 19.4 Å². The predicted molar refractivity (Wildman–Crippen MR) is 77.6 cm³/mol. The van der Waals surface area contributed by atoms with E-state index in [0.717, 1.165) is 32.1 Å². The van der Waals surface area contributed by atoms with Crippen molar-refractivity contribution in [1.29, 1.82) is 0 Å². The molecule has 4 nitrogen and oxygen atoms in total. The first-order chi connectivity index (χ1) is 9.91. The molecule has 0 amide bonds. The van der Waals surface area contributed by atoms with Gasteiger partial charge in [-0.25, -0.2) is 0 Å². The van der Waals surface area contributed by atoms with E-state index in [1.165, 1.54) is 6.42 Å².